The van der Waals surface area contributed by atoms with E-state index in [1.165, 1.54) is 5.56 Å². The number of aryl methyl sites for hydroxylation is 1. The summed E-state index contributed by atoms with van der Waals surface area (Å²) in [6.07, 6.45) is 0.856. The molecule has 0 aliphatic heterocycles. The van der Waals surface area contributed by atoms with Crippen LogP contribution in [0.2, 0.25) is 0 Å². The highest BCUT2D eigenvalue weighted by atomic mass is 16.1. The summed E-state index contributed by atoms with van der Waals surface area (Å²) in [6, 6.07) is 0. The average Bonchev–Trinajstić information content (AvgIpc) is 2.17. The Kier molecular flexibility index (Phi) is 1.62. The van der Waals surface area contributed by atoms with Gasteiger partial charge in [0.1, 0.15) is 0 Å². The Labute approximate surface area is 60.3 Å². The van der Waals surface area contributed by atoms with Crippen LogP contribution in [0.4, 0.5) is 0 Å². The number of aromatic nitrogens is 1. The van der Waals surface area contributed by atoms with E-state index in [2.05, 4.69) is 4.98 Å². The van der Waals surface area contributed by atoms with Crippen LogP contribution >= 0.6 is 0 Å². The summed E-state index contributed by atoms with van der Waals surface area (Å²) >= 11 is 0. The lowest BCUT2D eigenvalue weighted by Gasteiger charge is -1.87. The molecule has 2 nitrogen and oxygen atoms in total. The highest BCUT2D eigenvalue weighted by molar-refractivity contribution is 5.75. The molecule has 0 bridgehead atoms. The van der Waals surface area contributed by atoms with Crippen molar-refractivity contribution in [2.75, 3.05) is 0 Å². The molecule has 10 heavy (non-hydrogen) atoms. The van der Waals surface area contributed by atoms with Crippen LogP contribution in [0.25, 0.3) is 0 Å². The fourth-order valence-corrected chi connectivity index (χ4v) is 0.991. The van der Waals surface area contributed by atoms with Gasteiger partial charge in [-0.2, -0.15) is 0 Å². The minimum absolute atomic E-state index is 0.704. The first kappa shape index (κ1) is 7.06. The van der Waals surface area contributed by atoms with Crippen molar-refractivity contribution in [1.29, 1.82) is 0 Å². The van der Waals surface area contributed by atoms with Crippen molar-refractivity contribution in [3.05, 3.63) is 22.5 Å². The Balaban J connectivity index is 3.30. The predicted molar refractivity (Wildman–Crippen MR) is 40.4 cm³/mol. The molecule has 54 valence electrons. The zero-order valence-corrected chi connectivity index (χ0v) is 6.49. The highest BCUT2D eigenvalue weighted by Gasteiger charge is 2.04. The van der Waals surface area contributed by atoms with Crippen LogP contribution in [0, 0.1) is 20.8 Å². The molecule has 0 fully saturated rings. The van der Waals surface area contributed by atoms with Gasteiger partial charge in [0.25, 0.3) is 0 Å². The van der Waals surface area contributed by atoms with Crippen LogP contribution in [-0.2, 0) is 0 Å². The number of aldehydes is 1. The number of carbonyl (C=O) groups is 1. The van der Waals surface area contributed by atoms with Crippen LogP contribution < -0.4 is 0 Å². The van der Waals surface area contributed by atoms with Gasteiger partial charge < -0.3 is 4.98 Å². The van der Waals surface area contributed by atoms with E-state index in [-0.39, 0.29) is 0 Å². The summed E-state index contributed by atoms with van der Waals surface area (Å²) in [5, 5.41) is 0. The number of rotatable bonds is 1. The largest absolute Gasteiger partial charge is 0.356 e. The molecule has 1 aromatic rings. The molecule has 1 N–H and O–H groups in total. The summed E-state index contributed by atoms with van der Waals surface area (Å²) in [5.41, 5.74) is 4.03. The summed E-state index contributed by atoms with van der Waals surface area (Å²) in [7, 11) is 0. The summed E-state index contributed by atoms with van der Waals surface area (Å²) in [5.74, 6) is 0. The summed E-state index contributed by atoms with van der Waals surface area (Å²) in [4.78, 5) is 13.4. The Morgan fingerprint density at radius 2 is 1.80 bits per heavy atom. The fourth-order valence-electron chi connectivity index (χ4n) is 0.991. The smallest absolute Gasteiger partial charge is 0.166 e. The van der Waals surface area contributed by atoms with Crippen LogP contribution in [0.15, 0.2) is 0 Å². The molecule has 0 aromatic carbocycles. The molecular formula is C8H11NO. The van der Waals surface area contributed by atoms with Gasteiger partial charge >= 0.3 is 0 Å². The molecule has 0 amide bonds. The van der Waals surface area contributed by atoms with Crippen LogP contribution in [0.1, 0.15) is 27.3 Å². The van der Waals surface area contributed by atoms with Gasteiger partial charge in [0.05, 0.1) is 5.69 Å². The molecule has 1 heterocycles. The number of nitrogens with one attached hydrogen (secondary N) is 1. The first-order chi connectivity index (χ1) is 4.66. The third kappa shape index (κ3) is 0.856. The van der Waals surface area contributed by atoms with Crippen molar-refractivity contribution >= 4 is 6.29 Å². The van der Waals surface area contributed by atoms with Gasteiger partial charge in [-0.3, -0.25) is 4.79 Å². The van der Waals surface area contributed by atoms with Crippen molar-refractivity contribution in [1.82, 2.24) is 4.98 Å². The standard InChI is InChI=1S/C8H11NO/c1-5-6(2)8(4-10)9-7(5)3/h4,9H,1-3H3. The Morgan fingerprint density at radius 1 is 1.20 bits per heavy atom. The van der Waals surface area contributed by atoms with E-state index in [1.54, 1.807) is 0 Å². The van der Waals surface area contributed by atoms with E-state index in [1.807, 2.05) is 20.8 Å². The normalized spacial score (nSPS) is 9.90. The first-order valence-corrected chi connectivity index (χ1v) is 3.27. The molecule has 0 aliphatic carbocycles. The van der Waals surface area contributed by atoms with Crippen LogP contribution in [0.3, 0.4) is 0 Å². The minimum Gasteiger partial charge on any atom is -0.356 e. The van der Waals surface area contributed by atoms with Crippen LogP contribution in [-0.4, -0.2) is 11.3 Å². The lowest BCUT2D eigenvalue weighted by atomic mass is 10.2. The Hall–Kier alpha value is -1.05. The third-order valence-electron chi connectivity index (χ3n) is 1.97. The zero-order valence-electron chi connectivity index (χ0n) is 6.49. The lowest BCUT2D eigenvalue weighted by Crippen LogP contribution is -1.81. The monoisotopic (exact) mass is 137 g/mol. The SMILES string of the molecule is Cc1[nH]c(C=O)c(C)c1C. The molecule has 0 aliphatic rings. The van der Waals surface area contributed by atoms with Gasteiger partial charge in [-0.15, -0.1) is 0 Å². The highest BCUT2D eigenvalue weighted by Crippen LogP contribution is 2.13. The van der Waals surface area contributed by atoms with E-state index in [0.29, 0.717) is 5.69 Å². The Bertz CT molecular complexity index is 260. The first-order valence-electron chi connectivity index (χ1n) is 3.27. The molecular weight excluding hydrogens is 126 g/mol. The molecule has 1 aromatic heterocycles. The lowest BCUT2D eigenvalue weighted by molar-refractivity contribution is 0.111. The molecule has 2 heteroatoms. The number of aromatic amines is 1. The maximum Gasteiger partial charge on any atom is 0.166 e. The molecule has 0 saturated carbocycles. The quantitative estimate of drug-likeness (QED) is 0.588. The van der Waals surface area contributed by atoms with E-state index in [4.69, 9.17) is 0 Å². The summed E-state index contributed by atoms with van der Waals surface area (Å²) < 4.78 is 0. The van der Waals surface area contributed by atoms with Gasteiger partial charge in [0.15, 0.2) is 6.29 Å². The van der Waals surface area contributed by atoms with Gasteiger partial charge in [0, 0.05) is 5.69 Å². The second-order valence-corrected chi connectivity index (χ2v) is 2.53. The number of carbonyl (C=O) groups excluding carboxylic acids is 1. The Morgan fingerprint density at radius 3 is 2.00 bits per heavy atom. The van der Waals surface area contributed by atoms with E-state index >= 15 is 0 Å². The average molecular weight is 137 g/mol. The zero-order chi connectivity index (χ0) is 7.72. The number of hydrogen-bond donors (Lipinski definition) is 1. The van der Waals surface area contributed by atoms with Crippen molar-refractivity contribution in [2.45, 2.75) is 20.8 Å². The van der Waals surface area contributed by atoms with Gasteiger partial charge in [0.2, 0.25) is 0 Å². The molecule has 0 spiro atoms. The number of H-pyrrole nitrogens is 1. The van der Waals surface area contributed by atoms with Crippen molar-refractivity contribution in [2.24, 2.45) is 0 Å². The van der Waals surface area contributed by atoms with Gasteiger partial charge in [-0.25, -0.2) is 0 Å². The van der Waals surface area contributed by atoms with E-state index in [0.717, 1.165) is 17.5 Å². The third-order valence-corrected chi connectivity index (χ3v) is 1.97. The second kappa shape index (κ2) is 2.29. The van der Waals surface area contributed by atoms with Gasteiger partial charge in [-0.1, -0.05) is 0 Å². The topological polar surface area (TPSA) is 32.9 Å². The van der Waals surface area contributed by atoms with Crippen molar-refractivity contribution in [3.63, 3.8) is 0 Å². The second-order valence-electron chi connectivity index (χ2n) is 2.53. The molecule has 1 rings (SSSR count). The molecule has 0 atom stereocenters. The number of hydrogen-bond acceptors (Lipinski definition) is 1. The van der Waals surface area contributed by atoms with Crippen LogP contribution in [0.5, 0.6) is 0 Å². The molecule has 0 radical (unpaired) electrons. The van der Waals surface area contributed by atoms with Crippen molar-refractivity contribution in [3.8, 4) is 0 Å². The maximum absolute atomic E-state index is 10.4. The predicted octanol–water partition coefficient (Wildman–Crippen LogP) is 1.75. The maximum atomic E-state index is 10.4. The molecule has 0 unspecified atom stereocenters. The summed E-state index contributed by atoms with van der Waals surface area (Å²) in [6.45, 7) is 5.92. The van der Waals surface area contributed by atoms with E-state index < -0.39 is 0 Å². The van der Waals surface area contributed by atoms with E-state index in [9.17, 15) is 4.79 Å². The van der Waals surface area contributed by atoms with Crippen molar-refractivity contribution < 1.29 is 4.79 Å². The minimum atomic E-state index is 0.704. The fraction of sp³-hybridized carbons (Fsp3) is 0.375. The van der Waals surface area contributed by atoms with Gasteiger partial charge in [-0.05, 0) is 31.9 Å². The molecule has 0 saturated heterocycles.